The molecule has 2 aromatic carbocycles. The third-order valence-electron chi connectivity index (χ3n) is 6.50. The molecule has 2 aromatic rings. The Morgan fingerprint density at radius 2 is 1.72 bits per heavy atom. The highest BCUT2D eigenvalue weighted by Crippen LogP contribution is 2.48. The molecule has 2 aliphatic heterocycles. The number of fused-ring (bicyclic) bond motifs is 1. The van der Waals surface area contributed by atoms with Gasteiger partial charge in [-0.3, -0.25) is 4.90 Å². The van der Waals surface area contributed by atoms with Crippen molar-refractivity contribution in [3.05, 3.63) is 53.1 Å². The predicted molar refractivity (Wildman–Crippen MR) is 113 cm³/mol. The number of nitrogens with zero attached hydrogens (tertiary/aromatic N) is 1. The molecule has 9 heteroatoms. The van der Waals surface area contributed by atoms with Gasteiger partial charge in [0.1, 0.15) is 11.6 Å². The van der Waals surface area contributed by atoms with Gasteiger partial charge < -0.3 is 9.47 Å². The Morgan fingerprint density at radius 3 is 2.34 bits per heavy atom. The summed E-state index contributed by atoms with van der Waals surface area (Å²) in [7, 11) is -1.33. The molecule has 2 heterocycles. The lowest BCUT2D eigenvalue weighted by Gasteiger charge is -2.34. The summed E-state index contributed by atoms with van der Waals surface area (Å²) in [4.78, 5) is 1.98. The molecule has 4 rings (SSSR count). The van der Waals surface area contributed by atoms with Crippen LogP contribution in [-0.2, 0) is 22.8 Å². The quantitative estimate of drug-likeness (QED) is 0.632. The minimum Gasteiger partial charge on any atom is -0.493 e. The third kappa shape index (κ3) is 4.08. The zero-order valence-corrected chi connectivity index (χ0v) is 18.9. The van der Waals surface area contributed by atoms with E-state index in [1.54, 1.807) is 0 Å². The van der Waals surface area contributed by atoms with Gasteiger partial charge in [0.2, 0.25) is 14.8 Å². The summed E-state index contributed by atoms with van der Waals surface area (Å²) >= 11 is 0. The van der Waals surface area contributed by atoms with Crippen LogP contribution < -0.4 is 9.47 Å². The molecule has 0 amide bonds. The number of piperidine rings is 1. The Kier molecular flexibility index (Phi) is 6.15. The van der Waals surface area contributed by atoms with Crippen LogP contribution >= 0.6 is 0 Å². The van der Waals surface area contributed by atoms with Crippen molar-refractivity contribution in [2.24, 2.45) is 5.92 Å². The van der Waals surface area contributed by atoms with E-state index in [1.807, 2.05) is 4.90 Å². The van der Waals surface area contributed by atoms with E-state index in [9.17, 15) is 17.2 Å². The van der Waals surface area contributed by atoms with Gasteiger partial charge in [-0.15, -0.1) is 0 Å². The summed E-state index contributed by atoms with van der Waals surface area (Å²) < 4.78 is 79.5. The summed E-state index contributed by atoms with van der Waals surface area (Å²) in [6.07, 6.45) is 0.902. The normalized spacial score (nSPS) is 23.2. The Bertz CT molecular complexity index is 1120. The Hall–Kier alpha value is -2.26. The lowest BCUT2D eigenvalue weighted by molar-refractivity contribution is 0.135. The molecular weight excluding hydrogens is 443 g/mol. The van der Waals surface area contributed by atoms with Gasteiger partial charge in [0, 0.05) is 30.7 Å². The zero-order valence-electron chi connectivity index (χ0n) is 18.0. The Balaban J connectivity index is 1.43. The summed E-state index contributed by atoms with van der Waals surface area (Å²) in [5.41, 5.74) is 0.804. The molecule has 0 radical (unpaired) electrons. The van der Waals surface area contributed by atoms with E-state index in [1.165, 1.54) is 38.5 Å². The van der Waals surface area contributed by atoms with Crippen LogP contribution in [0.25, 0.3) is 0 Å². The molecule has 5 nitrogen and oxygen atoms in total. The van der Waals surface area contributed by atoms with Crippen LogP contribution in [-0.4, -0.2) is 45.6 Å². The Labute approximate surface area is 186 Å². The molecule has 0 bridgehead atoms. The maximum absolute atomic E-state index is 15.9. The van der Waals surface area contributed by atoms with E-state index in [2.05, 4.69) is 0 Å². The first-order valence-electron chi connectivity index (χ1n) is 10.5. The number of methoxy groups -OCH3 is 2. The first-order chi connectivity index (χ1) is 15.2. The van der Waals surface area contributed by atoms with Crippen molar-refractivity contribution in [3.63, 3.8) is 0 Å². The van der Waals surface area contributed by atoms with E-state index in [4.69, 9.17) is 9.47 Å². The molecule has 2 aliphatic rings. The number of benzene rings is 2. The van der Waals surface area contributed by atoms with Crippen molar-refractivity contribution >= 4 is 9.84 Å². The molecule has 1 saturated heterocycles. The molecule has 0 aromatic heterocycles. The molecule has 1 fully saturated rings. The van der Waals surface area contributed by atoms with Crippen molar-refractivity contribution in [2.75, 3.05) is 27.3 Å². The number of hydrogen-bond acceptors (Lipinski definition) is 5. The van der Waals surface area contributed by atoms with Crippen LogP contribution in [0.15, 0.2) is 35.2 Å². The van der Waals surface area contributed by atoms with Crippen LogP contribution in [0.4, 0.5) is 13.2 Å². The van der Waals surface area contributed by atoms with Crippen molar-refractivity contribution < 1.29 is 31.1 Å². The molecule has 0 N–H and O–H groups in total. The number of hydrogen-bond donors (Lipinski definition) is 0. The van der Waals surface area contributed by atoms with Gasteiger partial charge in [0.15, 0.2) is 11.5 Å². The first-order valence-corrected chi connectivity index (χ1v) is 12.0. The van der Waals surface area contributed by atoms with Crippen LogP contribution in [0.5, 0.6) is 11.5 Å². The highest BCUT2D eigenvalue weighted by Gasteiger charge is 2.53. The average Bonchev–Trinajstić information content (AvgIpc) is 2.95. The van der Waals surface area contributed by atoms with Gasteiger partial charge in [-0.05, 0) is 56.0 Å². The largest absolute Gasteiger partial charge is 0.493 e. The summed E-state index contributed by atoms with van der Waals surface area (Å²) in [6.45, 7) is 1.52. The maximum Gasteiger partial charge on any atom is 0.219 e. The molecule has 0 spiro atoms. The maximum atomic E-state index is 15.9. The first kappa shape index (κ1) is 22.9. The van der Waals surface area contributed by atoms with E-state index >= 15 is 4.39 Å². The van der Waals surface area contributed by atoms with E-state index < -0.39 is 26.5 Å². The second kappa shape index (κ2) is 8.59. The highest BCUT2D eigenvalue weighted by atomic mass is 32.2. The van der Waals surface area contributed by atoms with Gasteiger partial charge in [-0.2, -0.15) is 0 Å². The zero-order chi connectivity index (χ0) is 23.1. The Morgan fingerprint density at radius 1 is 1.06 bits per heavy atom. The van der Waals surface area contributed by atoms with Crippen LogP contribution in [0.3, 0.4) is 0 Å². The SMILES string of the molecule is COc1cc2c(cc1OC)S(=O)(=O)C(F)(CC1CCN(Cc3ccc(F)cc3F)CC1)C2. The molecular formula is C23H26F3NO4S. The van der Waals surface area contributed by atoms with Gasteiger partial charge in [-0.25, -0.2) is 21.6 Å². The van der Waals surface area contributed by atoms with Gasteiger partial charge in [-0.1, -0.05) is 6.07 Å². The number of halogens is 3. The fourth-order valence-corrected chi connectivity index (χ4v) is 6.65. The fraction of sp³-hybridized carbons (Fsp3) is 0.478. The lowest BCUT2D eigenvalue weighted by atomic mass is 9.89. The second-order valence-electron chi connectivity index (χ2n) is 8.54. The third-order valence-corrected chi connectivity index (χ3v) is 8.74. The molecule has 0 saturated carbocycles. The second-order valence-corrected chi connectivity index (χ2v) is 10.7. The number of ether oxygens (including phenoxy) is 2. The van der Waals surface area contributed by atoms with E-state index in [-0.39, 0.29) is 29.4 Å². The number of rotatable bonds is 6. The van der Waals surface area contributed by atoms with Crippen LogP contribution in [0.2, 0.25) is 0 Å². The topological polar surface area (TPSA) is 55.8 Å². The minimum atomic E-state index is -4.18. The van der Waals surface area contributed by atoms with Gasteiger partial charge >= 0.3 is 0 Å². The van der Waals surface area contributed by atoms with Crippen LogP contribution in [0, 0.1) is 17.6 Å². The number of alkyl halides is 1. The van der Waals surface area contributed by atoms with Gasteiger partial charge in [0.05, 0.1) is 19.1 Å². The molecule has 1 unspecified atom stereocenters. The summed E-state index contributed by atoms with van der Waals surface area (Å²) in [5, 5.41) is -2.37. The molecule has 0 aliphatic carbocycles. The number of likely N-dealkylation sites (tertiary alicyclic amines) is 1. The smallest absolute Gasteiger partial charge is 0.219 e. The van der Waals surface area contributed by atoms with Gasteiger partial charge in [0.25, 0.3) is 0 Å². The standard InChI is InChI=1S/C23H26F3NO4S/c1-30-20-9-17-13-23(26,32(28,29)22(17)11-21(20)31-2)12-15-5-7-27(8-6-15)14-16-3-4-18(24)10-19(16)25/h3-4,9-11,15H,5-8,12-14H2,1-2H3. The molecule has 32 heavy (non-hydrogen) atoms. The van der Waals surface area contributed by atoms with E-state index in [0.717, 1.165) is 6.07 Å². The van der Waals surface area contributed by atoms with Crippen molar-refractivity contribution in [1.29, 1.82) is 0 Å². The monoisotopic (exact) mass is 469 g/mol. The average molecular weight is 470 g/mol. The van der Waals surface area contributed by atoms with Crippen molar-refractivity contribution in [2.45, 2.75) is 42.1 Å². The lowest BCUT2D eigenvalue weighted by Crippen LogP contribution is -2.39. The van der Waals surface area contributed by atoms with E-state index in [0.29, 0.717) is 49.4 Å². The fourth-order valence-electron chi connectivity index (χ4n) is 4.72. The van der Waals surface area contributed by atoms with Crippen LogP contribution in [0.1, 0.15) is 30.4 Å². The summed E-state index contributed by atoms with van der Waals surface area (Å²) in [6, 6.07) is 6.39. The van der Waals surface area contributed by atoms with Crippen molar-refractivity contribution in [3.8, 4) is 11.5 Å². The minimum absolute atomic E-state index is 0.0399. The molecule has 174 valence electrons. The molecule has 1 atom stereocenters. The predicted octanol–water partition coefficient (Wildman–Crippen LogP) is 4.28. The van der Waals surface area contributed by atoms with Crippen molar-refractivity contribution in [1.82, 2.24) is 4.90 Å². The highest BCUT2D eigenvalue weighted by molar-refractivity contribution is 7.93. The number of sulfone groups is 1. The summed E-state index contributed by atoms with van der Waals surface area (Å²) in [5.74, 6) is -0.697.